The number of isocyanates is 1. The number of nitrogens with zero attached hydrogens (tertiary/aromatic N) is 1. The molecule has 0 N–H and O–H groups in total. The zero-order chi connectivity index (χ0) is 12.0. The molecule has 0 spiro atoms. The molecule has 1 aromatic rings. The maximum atomic E-state index is 11.5. The molecule has 0 bridgehead atoms. The number of ether oxygens (including phenoxy) is 1. The maximum Gasteiger partial charge on any atom is 0.339 e. The number of hydrogen-bond acceptors (Lipinski definition) is 6. The lowest BCUT2D eigenvalue weighted by Crippen LogP contribution is -2.07. The Morgan fingerprint density at radius 3 is 2.75 bits per heavy atom. The van der Waals surface area contributed by atoms with Crippen LogP contribution in [0.4, 0.5) is 0 Å². The predicted molar refractivity (Wildman–Crippen MR) is 53.4 cm³/mol. The van der Waals surface area contributed by atoms with Crippen molar-refractivity contribution in [3.63, 3.8) is 0 Å². The molecule has 0 radical (unpaired) electrons. The van der Waals surface area contributed by atoms with Gasteiger partial charge in [-0.2, -0.15) is 0 Å². The summed E-state index contributed by atoms with van der Waals surface area (Å²) in [5, 5.41) is 2.72. The zero-order valence-corrected chi connectivity index (χ0v) is 9.02. The highest BCUT2D eigenvalue weighted by atomic mass is 32.2. The third-order valence-electron chi connectivity index (χ3n) is 1.61. The lowest BCUT2D eigenvalue weighted by molar-refractivity contribution is 0.0596. The average Bonchev–Trinajstić information content (AvgIpc) is 2.35. The van der Waals surface area contributed by atoms with Crippen LogP contribution in [0.1, 0.15) is 10.4 Å². The molecule has 0 fully saturated rings. The second-order valence-electron chi connectivity index (χ2n) is 2.48. The third kappa shape index (κ3) is 2.75. The van der Waals surface area contributed by atoms with E-state index in [2.05, 4.69) is 14.2 Å². The van der Waals surface area contributed by atoms with Crippen molar-refractivity contribution in [3.05, 3.63) is 29.8 Å². The van der Waals surface area contributed by atoms with Gasteiger partial charge in [-0.25, -0.2) is 13.8 Å². The summed E-state index contributed by atoms with van der Waals surface area (Å²) >= 11 is -2.05. The van der Waals surface area contributed by atoms with Gasteiger partial charge < -0.3 is 4.74 Å². The van der Waals surface area contributed by atoms with Crippen LogP contribution in [-0.4, -0.2) is 23.4 Å². The van der Waals surface area contributed by atoms with E-state index in [-0.39, 0.29) is 10.5 Å². The normalized spacial score (nSPS) is 11.1. The van der Waals surface area contributed by atoms with Gasteiger partial charge in [0.25, 0.3) is 17.2 Å². The van der Waals surface area contributed by atoms with Gasteiger partial charge in [0.15, 0.2) is 0 Å². The molecule has 7 heteroatoms. The van der Waals surface area contributed by atoms with Crippen LogP contribution in [-0.2, 0) is 24.9 Å². The first-order chi connectivity index (χ1) is 7.70. The fourth-order valence-corrected chi connectivity index (χ4v) is 1.68. The molecular weight excluding hydrogens is 234 g/mol. The number of hydrogen-bond donors (Lipinski definition) is 0. The van der Waals surface area contributed by atoms with Crippen LogP contribution in [0.25, 0.3) is 0 Å². The number of benzene rings is 1. The van der Waals surface area contributed by atoms with Gasteiger partial charge in [0.2, 0.25) is 0 Å². The van der Waals surface area contributed by atoms with Crippen molar-refractivity contribution in [2.45, 2.75) is 4.90 Å². The summed E-state index contributed by atoms with van der Waals surface area (Å²) in [5.74, 6) is -0.650. The molecule has 84 valence electrons. The van der Waals surface area contributed by atoms with Gasteiger partial charge in [0, 0.05) is 5.16 Å². The first-order valence-corrected chi connectivity index (χ1v) is 5.12. The van der Waals surface area contributed by atoms with Crippen molar-refractivity contribution in [2.24, 2.45) is 5.16 Å². The SMILES string of the molecule is COC(=O)c1ccccc1S(=O)ON=C=O. The molecule has 0 saturated heterocycles. The number of rotatable bonds is 4. The topological polar surface area (TPSA) is 82.0 Å². The van der Waals surface area contributed by atoms with Crippen molar-refractivity contribution in [1.82, 2.24) is 0 Å². The average molecular weight is 241 g/mol. The first kappa shape index (κ1) is 12.1. The highest BCUT2D eigenvalue weighted by Gasteiger charge is 2.17. The Hall–Kier alpha value is -1.98. The minimum atomic E-state index is -2.05. The minimum Gasteiger partial charge on any atom is -0.465 e. The third-order valence-corrected chi connectivity index (χ3v) is 2.54. The molecule has 16 heavy (non-hydrogen) atoms. The van der Waals surface area contributed by atoms with Crippen LogP contribution in [0.3, 0.4) is 0 Å². The maximum absolute atomic E-state index is 11.5. The number of methoxy groups -OCH3 is 1. The molecule has 1 rings (SSSR count). The number of esters is 1. The fourth-order valence-electron chi connectivity index (χ4n) is 0.980. The van der Waals surface area contributed by atoms with E-state index in [9.17, 15) is 13.8 Å². The summed E-state index contributed by atoms with van der Waals surface area (Å²) in [4.78, 5) is 21.1. The van der Waals surface area contributed by atoms with Gasteiger partial charge >= 0.3 is 5.97 Å². The quantitative estimate of drug-likeness (QED) is 0.336. The molecule has 0 amide bonds. The van der Waals surface area contributed by atoms with E-state index in [1.54, 1.807) is 12.1 Å². The van der Waals surface area contributed by atoms with E-state index in [0.717, 1.165) is 6.08 Å². The summed E-state index contributed by atoms with van der Waals surface area (Å²) in [6.45, 7) is 0. The molecule has 0 heterocycles. The van der Waals surface area contributed by atoms with E-state index in [1.165, 1.54) is 19.2 Å². The van der Waals surface area contributed by atoms with E-state index in [4.69, 9.17) is 0 Å². The highest BCUT2D eigenvalue weighted by molar-refractivity contribution is 7.80. The van der Waals surface area contributed by atoms with Crippen LogP contribution in [0.15, 0.2) is 34.3 Å². The molecular formula is C9H7NO5S. The Morgan fingerprint density at radius 2 is 2.12 bits per heavy atom. The van der Waals surface area contributed by atoms with Crippen LogP contribution >= 0.6 is 0 Å². The summed E-state index contributed by atoms with van der Waals surface area (Å²) < 4.78 is 20.2. The molecule has 1 atom stereocenters. The Kier molecular flexibility index (Phi) is 4.38. The largest absolute Gasteiger partial charge is 0.465 e. The minimum absolute atomic E-state index is 0.0772. The van der Waals surface area contributed by atoms with Crippen molar-refractivity contribution in [1.29, 1.82) is 0 Å². The van der Waals surface area contributed by atoms with Crippen molar-refractivity contribution in [2.75, 3.05) is 7.11 Å². The summed E-state index contributed by atoms with van der Waals surface area (Å²) in [7, 11) is 1.20. The highest BCUT2D eigenvalue weighted by Crippen LogP contribution is 2.15. The van der Waals surface area contributed by atoms with E-state index in [1.807, 2.05) is 0 Å². The molecule has 0 aliphatic carbocycles. The lowest BCUT2D eigenvalue weighted by atomic mass is 10.2. The molecule has 0 aromatic heterocycles. The standard InChI is InChI=1S/C9H7NO5S/c1-14-9(12)7-4-2-3-5-8(7)16(13)15-10-6-11/h2-5H,1H3. The second kappa shape index (κ2) is 5.79. The van der Waals surface area contributed by atoms with E-state index < -0.39 is 17.0 Å². The smallest absolute Gasteiger partial charge is 0.339 e. The molecule has 6 nitrogen and oxygen atoms in total. The van der Waals surface area contributed by atoms with Gasteiger partial charge in [-0.3, -0.25) is 4.28 Å². The Morgan fingerprint density at radius 1 is 1.44 bits per heavy atom. The number of carbonyl (C=O) groups excluding carboxylic acids is 2. The van der Waals surface area contributed by atoms with Gasteiger partial charge in [-0.1, -0.05) is 12.1 Å². The number of carbonyl (C=O) groups is 1. The summed E-state index contributed by atoms with van der Waals surface area (Å²) in [6.07, 6.45) is 1.07. The Labute approximate surface area is 93.5 Å². The van der Waals surface area contributed by atoms with Crippen molar-refractivity contribution < 1.29 is 22.8 Å². The van der Waals surface area contributed by atoms with Gasteiger partial charge in [0.1, 0.15) is 0 Å². The monoisotopic (exact) mass is 241 g/mol. The fraction of sp³-hybridized carbons (Fsp3) is 0.111. The predicted octanol–water partition coefficient (Wildman–Crippen LogP) is 0.763. The van der Waals surface area contributed by atoms with Crippen molar-refractivity contribution >= 4 is 23.1 Å². The van der Waals surface area contributed by atoms with Gasteiger partial charge in [0.05, 0.1) is 17.6 Å². The molecule has 0 aliphatic heterocycles. The first-order valence-electron chi connectivity index (χ1n) is 4.04. The molecule has 0 aliphatic rings. The van der Waals surface area contributed by atoms with E-state index >= 15 is 0 Å². The molecule has 1 aromatic carbocycles. The second-order valence-corrected chi connectivity index (χ2v) is 3.54. The summed E-state index contributed by atoms with van der Waals surface area (Å²) in [5.41, 5.74) is 0.0874. The lowest BCUT2D eigenvalue weighted by Gasteiger charge is -2.04. The van der Waals surface area contributed by atoms with Gasteiger partial charge in [-0.05, 0) is 12.1 Å². The molecule has 1 unspecified atom stereocenters. The Balaban J connectivity index is 3.07. The van der Waals surface area contributed by atoms with Crippen LogP contribution < -0.4 is 0 Å². The van der Waals surface area contributed by atoms with E-state index in [0.29, 0.717) is 0 Å². The van der Waals surface area contributed by atoms with Crippen LogP contribution in [0, 0.1) is 0 Å². The Bertz CT molecular complexity index is 467. The van der Waals surface area contributed by atoms with Crippen LogP contribution in [0.2, 0.25) is 0 Å². The van der Waals surface area contributed by atoms with Crippen LogP contribution in [0.5, 0.6) is 0 Å². The molecule has 0 saturated carbocycles. The summed E-state index contributed by atoms with van der Waals surface area (Å²) in [6, 6.07) is 5.97. The van der Waals surface area contributed by atoms with Crippen molar-refractivity contribution in [3.8, 4) is 0 Å². The zero-order valence-electron chi connectivity index (χ0n) is 8.21. The van der Waals surface area contributed by atoms with Gasteiger partial charge in [-0.15, -0.1) is 0 Å².